The molecule has 0 fully saturated rings. The van der Waals surface area contributed by atoms with Crippen molar-refractivity contribution in [1.29, 1.82) is 0 Å². The van der Waals surface area contributed by atoms with Crippen molar-refractivity contribution in [2.75, 3.05) is 4.90 Å². The van der Waals surface area contributed by atoms with Crippen LogP contribution >= 0.6 is 0 Å². The summed E-state index contributed by atoms with van der Waals surface area (Å²) in [4.78, 5) is 2.50. The van der Waals surface area contributed by atoms with Gasteiger partial charge in [-0.3, -0.25) is 0 Å². The average molecular weight is 716 g/mol. The Morgan fingerprint density at radius 2 is 1.07 bits per heavy atom. The zero-order valence-electron chi connectivity index (χ0n) is 31.7. The predicted molar refractivity (Wildman–Crippen MR) is 239 cm³/mol. The van der Waals surface area contributed by atoms with Crippen molar-refractivity contribution in [1.82, 2.24) is 0 Å². The van der Waals surface area contributed by atoms with Gasteiger partial charge in [-0.05, 0) is 131 Å². The number of allylic oxidation sites excluding steroid dienone is 3. The summed E-state index contributed by atoms with van der Waals surface area (Å²) in [6, 6.07) is 65.4. The molecule has 0 aliphatic heterocycles. The topological polar surface area (TPSA) is 3.24 Å². The number of fused-ring (bicyclic) bond motifs is 9. The first kappa shape index (κ1) is 32.7. The third kappa shape index (κ3) is 5.08. The lowest BCUT2D eigenvalue weighted by molar-refractivity contribution is 0.660. The van der Waals surface area contributed by atoms with Crippen LogP contribution in [0.2, 0.25) is 0 Å². The third-order valence-electron chi connectivity index (χ3n) is 12.5. The molecule has 1 unspecified atom stereocenters. The molecular weight excluding hydrogens is 675 g/mol. The second-order valence-electron chi connectivity index (χ2n) is 16.0. The van der Waals surface area contributed by atoms with E-state index in [2.05, 4.69) is 213 Å². The van der Waals surface area contributed by atoms with E-state index in [9.17, 15) is 0 Å². The van der Waals surface area contributed by atoms with Crippen LogP contribution in [-0.2, 0) is 5.41 Å². The maximum atomic E-state index is 2.52. The third-order valence-corrected chi connectivity index (χ3v) is 12.5. The van der Waals surface area contributed by atoms with E-state index in [0.29, 0.717) is 0 Å². The molecule has 0 radical (unpaired) electrons. The molecule has 2 aliphatic carbocycles. The number of nitrogens with zero attached hydrogens (tertiary/aromatic N) is 1. The molecule has 9 aromatic rings. The summed E-state index contributed by atoms with van der Waals surface area (Å²) in [7, 11) is 0. The molecule has 0 bridgehead atoms. The van der Waals surface area contributed by atoms with Crippen molar-refractivity contribution in [2.24, 2.45) is 0 Å². The van der Waals surface area contributed by atoms with Gasteiger partial charge in [0.05, 0.1) is 0 Å². The van der Waals surface area contributed by atoms with Crippen LogP contribution in [0.15, 0.2) is 200 Å². The van der Waals surface area contributed by atoms with Crippen LogP contribution in [0.25, 0.3) is 65.3 Å². The Hall–Kier alpha value is -6.70. The lowest BCUT2D eigenvalue weighted by Crippen LogP contribution is -2.20. The molecule has 1 nitrogen and oxygen atoms in total. The van der Waals surface area contributed by atoms with Crippen LogP contribution in [0.4, 0.5) is 11.4 Å². The zero-order chi connectivity index (χ0) is 37.4. The fourth-order valence-electron chi connectivity index (χ4n) is 9.81. The second-order valence-corrected chi connectivity index (χ2v) is 16.0. The molecule has 0 heterocycles. The minimum atomic E-state index is -0.108. The highest BCUT2D eigenvalue weighted by Gasteiger charge is 2.36. The van der Waals surface area contributed by atoms with E-state index >= 15 is 0 Å². The molecule has 0 saturated carbocycles. The molecule has 1 atom stereocenters. The minimum absolute atomic E-state index is 0.108. The summed E-state index contributed by atoms with van der Waals surface area (Å²) in [5.74, 6) is 0.217. The summed E-state index contributed by atoms with van der Waals surface area (Å²) in [6.07, 6.45) is 8.19. The molecule has 9 aromatic carbocycles. The number of hydrogen-bond acceptors (Lipinski definition) is 1. The van der Waals surface area contributed by atoms with Gasteiger partial charge in [0.1, 0.15) is 0 Å². The van der Waals surface area contributed by atoms with Crippen LogP contribution < -0.4 is 4.90 Å². The molecular formula is C55H41N. The Balaban J connectivity index is 1.11. The second kappa shape index (κ2) is 12.7. The highest BCUT2D eigenvalue weighted by molar-refractivity contribution is 6.14. The van der Waals surface area contributed by atoms with Crippen molar-refractivity contribution in [3.05, 3.63) is 217 Å². The Labute approximate surface area is 328 Å². The smallest absolute Gasteiger partial charge is 0.0467 e. The van der Waals surface area contributed by atoms with Crippen LogP contribution in [0.3, 0.4) is 0 Å². The van der Waals surface area contributed by atoms with Gasteiger partial charge in [0.25, 0.3) is 0 Å². The van der Waals surface area contributed by atoms with Gasteiger partial charge in [0.15, 0.2) is 0 Å². The van der Waals surface area contributed by atoms with Gasteiger partial charge < -0.3 is 4.90 Å². The zero-order valence-corrected chi connectivity index (χ0v) is 31.7. The first-order valence-corrected chi connectivity index (χ1v) is 19.9. The summed E-state index contributed by atoms with van der Waals surface area (Å²) in [5, 5.41) is 10.3. The molecule has 1 heteroatoms. The fraction of sp³-hybridized carbons (Fsp3) is 0.0909. The molecule has 0 spiro atoms. The molecule has 0 saturated heterocycles. The van der Waals surface area contributed by atoms with Gasteiger partial charge in [-0.2, -0.15) is 0 Å². The van der Waals surface area contributed by atoms with Crippen LogP contribution in [0.1, 0.15) is 42.9 Å². The first-order chi connectivity index (χ1) is 27.5. The highest BCUT2D eigenvalue weighted by atomic mass is 15.1. The highest BCUT2D eigenvalue weighted by Crippen LogP contribution is 2.51. The van der Waals surface area contributed by atoms with Gasteiger partial charge in [-0.1, -0.05) is 166 Å². The van der Waals surface area contributed by atoms with Gasteiger partial charge >= 0.3 is 0 Å². The molecule has 0 aromatic heterocycles. The SMILES string of the molecule is CC1(C)c2ccccc2-c2ccc(N(C3=CC(c4cc5ccccc5c5ccccc45)CC=C3)c3cccc(-c4cc5ccccc5c5ccccc45)c3)cc21. The van der Waals surface area contributed by atoms with E-state index in [1.807, 2.05) is 0 Å². The maximum Gasteiger partial charge on any atom is 0.0467 e. The lowest BCUT2D eigenvalue weighted by Gasteiger charge is -2.31. The first-order valence-electron chi connectivity index (χ1n) is 19.9. The minimum Gasteiger partial charge on any atom is -0.311 e. The molecule has 266 valence electrons. The van der Waals surface area contributed by atoms with E-state index in [1.165, 1.54) is 93.4 Å². The van der Waals surface area contributed by atoms with Crippen molar-refractivity contribution < 1.29 is 0 Å². The van der Waals surface area contributed by atoms with Crippen molar-refractivity contribution in [3.63, 3.8) is 0 Å². The van der Waals surface area contributed by atoms with E-state index in [0.717, 1.165) is 12.1 Å². The molecule has 0 N–H and O–H groups in total. The molecule has 0 amide bonds. The van der Waals surface area contributed by atoms with Crippen molar-refractivity contribution >= 4 is 54.5 Å². The quantitative estimate of drug-likeness (QED) is 0.160. The predicted octanol–water partition coefficient (Wildman–Crippen LogP) is 15.0. The average Bonchev–Trinajstić information content (AvgIpc) is 3.48. The summed E-state index contributed by atoms with van der Waals surface area (Å²) >= 11 is 0. The van der Waals surface area contributed by atoms with E-state index in [1.54, 1.807) is 0 Å². The molecule has 56 heavy (non-hydrogen) atoms. The van der Waals surface area contributed by atoms with Gasteiger partial charge in [0, 0.05) is 28.4 Å². The van der Waals surface area contributed by atoms with E-state index < -0.39 is 0 Å². The van der Waals surface area contributed by atoms with Crippen LogP contribution in [0, 0.1) is 0 Å². The van der Waals surface area contributed by atoms with Gasteiger partial charge in [-0.15, -0.1) is 0 Å². The normalized spacial score (nSPS) is 15.6. The summed E-state index contributed by atoms with van der Waals surface area (Å²) in [5.41, 5.74) is 12.7. The number of benzene rings is 9. The Bertz CT molecular complexity index is 3100. The van der Waals surface area contributed by atoms with Crippen molar-refractivity contribution in [3.8, 4) is 22.3 Å². The maximum absolute atomic E-state index is 2.52. The number of hydrogen-bond donors (Lipinski definition) is 0. The summed E-state index contributed by atoms with van der Waals surface area (Å²) in [6.45, 7) is 4.75. The largest absolute Gasteiger partial charge is 0.311 e. The fourth-order valence-corrected chi connectivity index (χ4v) is 9.81. The Kier molecular flexibility index (Phi) is 7.41. The Morgan fingerprint density at radius 3 is 1.86 bits per heavy atom. The monoisotopic (exact) mass is 715 g/mol. The number of anilines is 2. The summed E-state index contributed by atoms with van der Waals surface area (Å²) < 4.78 is 0. The van der Waals surface area contributed by atoms with Gasteiger partial charge in [-0.25, -0.2) is 0 Å². The lowest BCUT2D eigenvalue weighted by atomic mass is 9.82. The molecule has 11 rings (SSSR count). The standard InChI is InChI=1S/C55H41N/c1-55(2)53-28-12-11-27-49(53)50-30-29-42(35-54(50)55)56(40-19-13-17-36(31-40)51-33-38-15-3-5-21-43(38)45-23-7-9-25-47(45)51)41-20-14-18-37(32-41)52-34-39-16-4-6-22-44(39)46-24-8-10-26-48(46)52/h3-17,19-35,37H,18H2,1-2H3. The van der Waals surface area contributed by atoms with Crippen LogP contribution in [0.5, 0.6) is 0 Å². The van der Waals surface area contributed by atoms with Gasteiger partial charge in [0.2, 0.25) is 0 Å². The Morgan fingerprint density at radius 1 is 0.464 bits per heavy atom. The van der Waals surface area contributed by atoms with E-state index in [-0.39, 0.29) is 11.3 Å². The van der Waals surface area contributed by atoms with Crippen molar-refractivity contribution in [2.45, 2.75) is 31.6 Å². The molecule has 2 aliphatic rings. The number of rotatable bonds is 5. The van der Waals surface area contributed by atoms with E-state index in [4.69, 9.17) is 0 Å². The van der Waals surface area contributed by atoms with Crippen LogP contribution in [-0.4, -0.2) is 0 Å².